The summed E-state index contributed by atoms with van der Waals surface area (Å²) in [7, 11) is 0. The lowest BCUT2D eigenvalue weighted by Crippen LogP contribution is -2.25. The summed E-state index contributed by atoms with van der Waals surface area (Å²) >= 11 is 0. The first-order chi connectivity index (χ1) is 10.3. The minimum atomic E-state index is 0.122. The van der Waals surface area contributed by atoms with E-state index >= 15 is 0 Å². The van der Waals surface area contributed by atoms with E-state index in [1.54, 1.807) is 0 Å². The molecule has 0 fully saturated rings. The molecule has 1 aromatic carbocycles. The maximum Gasteiger partial charge on any atom is 0.148 e. The summed E-state index contributed by atoms with van der Waals surface area (Å²) in [6.07, 6.45) is 3.34. The van der Waals surface area contributed by atoms with E-state index in [1.165, 1.54) is 11.9 Å². The normalized spacial score (nSPS) is 16.2. The van der Waals surface area contributed by atoms with Gasteiger partial charge in [-0.3, -0.25) is 0 Å². The van der Waals surface area contributed by atoms with Crippen LogP contribution in [0.5, 0.6) is 5.75 Å². The highest BCUT2D eigenvalue weighted by molar-refractivity contribution is 5.57. The molecule has 1 unspecified atom stereocenters. The molecule has 0 bridgehead atoms. The third-order valence-electron chi connectivity index (χ3n) is 3.65. The SMILES string of the molecule is CCc1c(NN)ncnc1NCC1Cc2ccccc2O1. The van der Waals surface area contributed by atoms with Gasteiger partial charge in [-0.1, -0.05) is 25.1 Å². The van der Waals surface area contributed by atoms with E-state index in [-0.39, 0.29) is 6.10 Å². The van der Waals surface area contributed by atoms with Gasteiger partial charge in [0.1, 0.15) is 29.8 Å². The number of hydrogen-bond acceptors (Lipinski definition) is 6. The van der Waals surface area contributed by atoms with Crippen LogP contribution in [-0.4, -0.2) is 22.6 Å². The number of hydrazine groups is 1. The fraction of sp³-hybridized carbons (Fsp3) is 0.333. The Balaban J connectivity index is 1.67. The number of benzene rings is 1. The Bertz CT molecular complexity index is 606. The molecule has 0 saturated carbocycles. The maximum atomic E-state index is 5.91. The van der Waals surface area contributed by atoms with Crippen LogP contribution >= 0.6 is 0 Å². The minimum absolute atomic E-state index is 0.122. The quantitative estimate of drug-likeness (QED) is 0.573. The monoisotopic (exact) mass is 285 g/mol. The number of anilines is 2. The molecule has 0 aliphatic carbocycles. The van der Waals surface area contributed by atoms with E-state index < -0.39 is 0 Å². The lowest BCUT2D eigenvalue weighted by atomic mass is 10.1. The fourth-order valence-electron chi connectivity index (χ4n) is 2.60. The van der Waals surface area contributed by atoms with Crippen LogP contribution in [0.3, 0.4) is 0 Å². The van der Waals surface area contributed by atoms with Crippen molar-refractivity contribution in [2.45, 2.75) is 25.9 Å². The van der Waals surface area contributed by atoms with Crippen LogP contribution in [0.25, 0.3) is 0 Å². The number of nitrogen functional groups attached to an aromatic ring is 1. The Morgan fingerprint density at radius 1 is 1.29 bits per heavy atom. The summed E-state index contributed by atoms with van der Waals surface area (Å²) in [5, 5.41) is 3.34. The molecular weight excluding hydrogens is 266 g/mol. The molecule has 2 heterocycles. The van der Waals surface area contributed by atoms with Gasteiger partial charge in [0.2, 0.25) is 0 Å². The largest absolute Gasteiger partial charge is 0.488 e. The third kappa shape index (κ3) is 2.75. The van der Waals surface area contributed by atoms with Gasteiger partial charge in [-0.25, -0.2) is 15.8 Å². The standard InChI is InChI=1S/C15H19N5O/c1-2-12-14(18-9-19-15(12)20-16)17-8-11-7-10-5-3-4-6-13(10)21-11/h3-6,9,11H,2,7-8,16H2,1H3,(H2,17,18,19,20). The molecule has 4 N–H and O–H groups in total. The Hall–Kier alpha value is -2.34. The van der Waals surface area contributed by atoms with Crippen molar-refractivity contribution in [3.8, 4) is 5.75 Å². The molecule has 1 aromatic heterocycles. The highest BCUT2D eigenvalue weighted by atomic mass is 16.5. The topological polar surface area (TPSA) is 85.1 Å². The first kappa shape index (κ1) is 13.6. The molecule has 0 radical (unpaired) electrons. The summed E-state index contributed by atoms with van der Waals surface area (Å²) in [5.41, 5.74) is 4.85. The van der Waals surface area contributed by atoms with Crippen molar-refractivity contribution >= 4 is 11.6 Å². The van der Waals surface area contributed by atoms with Crippen LogP contribution in [0, 0.1) is 0 Å². The molecule has 0 spiro atoms. The van der Waals surface area contributed by atoms with Gasteiger partial charge >= 0.3 is 0 Å². The third-order valence-corrected chi connectivity index (χ3v) is 3.65. The number of hydrogen-bond donors (Lipinski definition) is 3. The Kier molecular flexibility index (Phi) is 3.87. The first-order valence-electron chi connectivity index (χ1n) is 7.10. The minimum Gasteiger partial charge on any atom is -0.488 e. The first-order valence-corrected chi connectivity index (χ1v) is 7.10. The van der Waals surface area contributed by atoms with E-state index in [4.69, 9.17) is 10.6 Å². The second-order valence-electron chi connectivity index (χ2n) is 4.98. The van der Waals surface area contributed by atoms with Crippen molar-refractivity contribution in [2.24, 2.45) is 5.84 Å². The number of para-hydroxylation sites is 1. The van der Waals surface area contributed by atoms with E-state index in [1.807, 2.05) is 25.1 Å². The van der Waals surface area contributed by atoms with Crippen LogP contribution in [0.4, 0.5) is 11.6 Å². The molecule has 21 heavy (non-hydrogen) atoms. The highest BCUT2D eigenvalue weighted by Crippen LogP contribution is 2.28. The van der Waals surface area contributed by atoms with Gasteiger partial charge in [-0.05, 0) is 18.1 Å². The Labute approximate surface area is 123 Å². The molecule has 1 aliphatic rings. The second kappa shape index (κ2) is 5.97. The smallest absolute Gasteiger partial charge is 0.148 e. The lowest BCUT2D eigenvalue weighted by molar-refractivity contribution is 0.246. The van der Waals surface area contributed by atoms with Gasteiger partial charge in [-0.2, -0.15) is 0 Å². The maximum absolute atomic E-state index is 5.91. The van der Waals surface area contributed by atoms with Gasteiger partial charge in [-0.15, -0.1) is 0 Å². The van der Waals surface area contributed by atoms with Gasteiger partial charge in [0, 0.05) is 12.0 Å². The van der Waals surface area contributed by atoms with Gasteiger partial charge < -0.3 is 15.5 Å². The predicted molar refractivity (Wildman–Crippen MR) is 82.3 cm³/mol. The summed E-state index contributed by atoms with van der Waals surface area (Å²) in [5.74, 6) is 7.92. The van der Waals surface area contributed by atoms with Crippen molar-refractivity contribution in [1.29, 1.82) is 0 Å². The summed E-state index contributed by atoms with van der Waals surface area (Å²) < 4.78 is 5.91. The summed E-state index contributed by atoms with van der Waals surface area (Å²) in [6.45, 7) is 2.75. The molecule has 0 saturated heterocycles. The van der Waals surface area contributed by atoms with E-state index in [9.17, 15) is 0 Å². The van der Waals surface area contributed by atoms with Crippen molar-refractivity contribution in [3.63, 3.8) is 0 Å². The van der Waals surface area contributed by atoms with Crippen LogP contribution in [0.1, 0.15) is 18.1 Å². The lowest BCUT2D eigenvalue weighted by Gasteiger charge is -2.15. The van der Waals surface area contributed by atoms with Gasteiger partial charge in [0.25, 0.3) is 0 Å². The van der Waals surface area contributed by atoms with Crippen LogP contribution in [-0.2, 0) is 12.8 Å². The molecule has 2 aromatic rings. The van der Waals surface area contributed by atoms with E-state index in [0.717, 1.165) is 30.0 Å². The Morgan fingerprint density at radius 2 is 2.10 bits per heavy atom. The fourth-order valence-corrected chi connectivity index (χ4v) is 2.60. The number of rotatable bonds is 5. The average molecular weight is 285 g/mol. The van der Waals surface area contributed by atoms with Gasteiger partial charge in [0.05, 0.1) is 6.54 Å². The zero-order chi connectivity index (χ0) is 14.7. The molecule has 3 rings (SSSR count). The molecule has 6 nitrogen and oxygen atoms in total. The van der Waals surface area contributed by atoms with Gasteiger partial charge in [0.15, 0.2) is 0 Å². The second-order valence-corrected chi connectivity index (χ2v) is 4.98. The van der Waals surface area contributed by atoms with Crippen molar-refractivity contribution in [2.75, 3.05) is 17.3 Å². The van der Waals surface area contributed by atoms with Crippen LogP contribution < -0.4 is 21.3 Å². The summed E-state index contributed by atoms with van der Waals surface area (Å²) in [4.78, 5) is 8.42. The predicted octanol–water partition coefficient (Wildman–Crippen LogP) is 1.74. The zero-order valence-corrected chi connectivity index (χ0v) is 12.0. The molecule has 1 aliphatic heterocycles. The van der Waals surface area contributed by atoms with E-state index in [0.29, 0.717) is 12.4 Å². The summed E-state index contributed by atoms with van der Waals surface area (Å²) in [6, 6.07) is 8.14. The number of nitrogens with zero attached hydrogens (tertiary/aromatic N) is 2. The zero-order valence-electron chi connectivity index (χ0n) is 12.0. The number of ether oxygens (including phenoxy) is 1. The van der Waals surface area contributed by atoms with Crippen LogP contribution in [0.2, 0.25) is 0 Å². The van der Waals surface area contributed by atoms with E-state index in [2.05, 4.69) is 26.8 Å². The number of nitrogens with one attached hydrogen (secondary N) is 2. The molecular formula is C15H19N5O. The average Bonchev–Trinajstić information content (AvgIpc) is 2.95. The number of fused-ring (bicyclic) bond motifs is 1. The van der Waals surface area contributed by atoms with Crippen LogP contribution in [0.15, 0.2) is 30.6 Å². The van der Waals surface area contributed by atoms with Crippen molar-refractivity contribution in [1.82, 2.24) is 9.97 Å². The van der Waals surface area contributed by atoms with Crippen molar-refractivity contribution in [3.05, 3.63) is 41.7 Å². The Morgan fingerprint density at radius 3 is 2.86 bits per heavy atom. The molecule has 0 amide bonds. The number of nitrogens with two attached hydrogens (primary N) is 1. The van der Waals surface area contributed by atoms with Crippen molar-refractivity contribution < 1.29 is 4.74 Å². The highest BCUT2D eigenvalue weighted by Gasteiger charge is 2.22. The molecule has 1 atom stereocenters. The molecule has 6 heteroatoms. The molecule has 110 valence electrons. The number of aromatic nitrogens is 2.